The van der Waals surface area contributed by atoms with Gasteiger partial charge in [0.2, 0.25) is 0 Å². The quantitative estimate of drug-likeness (QED) is 0.665. The Morgan fingerprint density at radius 1 is 1.38 bits per heavy atom. The van der Waals surface area contributed by atoms with Crippen LogP contribution in [0.5, 0.6) is 0 Å². The van der Waals surface area contributed by atoms with Crippen LogP contribution < -0.4 is 10.6 Å². The Morgan fingerprint density at radius 2 is 2.14 bits per heavy atom. The van der Waals surface area contributed by atoms with E-state index >= 15 is 0 Å². The number of hydrogen-bond donors (Lipinski definition) is 3. The molecule has 8 heteroatoms. The Labute approximate surface area is 137 Å². The minimum Gasteiger partial charge on any atom is -0.387 e. The van der Waals surface area contributed by atoms with E-state index in [-0.39, 0.29) is 36.1 Å². The molecule has 0 spiro atoms. The lowest BCUT2D eigenvalue weighted by atomic mass is 10.1. The molecule has 0 saturated heterocycles. The van der Waals surface area contributed by atoms with Gasteiger partial charge in [-0.05, 0) is 24.1 Å². The Balaban J connectivity index is 0.00000220. The molecular formula is C13H17F3IN3O. The van der Waals surface area contributed by atoms with Gasteiger partial charge >= 0.3 is 6.18 Å². The highest BCUT2D eigenvalue weighted by molar-refractivity contribution is 14.0. The molecular weight excluding hydrogens is 398 g/mol. The van der Waals surface area contributed by atoms with Gasteiger partial charge in [-0.1, -0.05) is 12.1 Å². The van der Waals surface area contributed by atoms with Crippen LogP contribution in [-0.2, 0) is 6.18 Å². The third-order valence-corrected chi connectivity index (χ3v) is 2.96. The molecule has 0 aromatic heterocycles. The maximum Gasteiger partial charge on any atom is 0.416 e. The number of benzene rings is 1. The lowest BCUT2D eigenvalue weighted by Gasteiger charge is -2.19. The monoisotopic (exact) mass is 415 g/mol. The van der Waals surface area contributed by atoms with E-state index in [1.807, 2.05) is 0 Å². The summed E-state index contributed by atoms with van der Waals surface area (Å²) in [6.07, 6.45) is -4.48. The molecule has 3 N–H and O–H groups in total. The molecule has 1 heterocycles. The summed E-state index contributed by atoms with van der Waals surface area (Å²) in [5.41, 5.74) is -0.536. The van der Waals surface area contributed by atoms with Gasteiger partial charge < -0.3 is 15.7 Å². The number of nitrogens with zero attached hydrogens (tertiary/aromatic N) is 1. The molecule has 21 heavy (non-hydrogen) atoms. The van der Waals surface area contributed by atoms with E-state index < -0.39 is 17.8 Å². The van der Waals surface area contributed by atoms with Crippen molar-refractivity contribution in [1.82, 2.24) is 10.6 Å². The van der Waals surface area contributed by atoms with Crippen LogP contribution in [0.15, 0.2) is 29.3 Å². The molecule has 1 aliphatic heterocycles. The van der Waals surface area contributed by atoms with E-state index in [1.54, 1.807) is 0 Å². The highest BCUT2D eigenvalue weighted by atomic mass is 127. The standard InChI is InChI=1S/C13H16F3N3O.HI/c14-13(15,16)10-4-1-3-9(7-10)11(20)8-19-12-17-5-2-6-18-12;/h1,3-4,7,11,20H,2,5-6,8H2,(H2,17,18,19);1H. The summed E-state index contributed by atoms with van der Waals surface area (Å²) in [6.45, 7) is 1.60. The highest BCUT2D eigenvalue weighted by Gasteiger charge is 2.30. The molecule has 0 aliphatic carbocycles. The number of aliphatic hydroxyl groups excluding tert-OH is 1. The smallest absolute Gasteiger partial charge is 0.387 e. The van der Waals surface area contributed by atoms with Crippen molar-refractivity contribution in [2.24, 2.45) is 4.99 Å². The zero-order chi connectivity index (χ0) is 14.6. The molecule has 2 rings (SSSR count). The predicted molar refractivity (Wildman–Crippen MR) is 84.7 cm³/mol. The molecule has 1 aromatic rings. The minimum atomic E-state index is -4.40. The molecule has 1 aromatic carbocycles. The van der Waals surface area contributed by atoms with Gasteiger partial charge in [-0.2, -0.15) is 13.2 Å². The molecule has 0 bridgehead atoms. The van der Waals surface area contributed by atoms with Crippen LogP contribution in [0, 0.1) is 0 Å². The molecule has 0 saturated carbocycles. The molecule has 118 valence electrons. The summed E-state index contributed by atoms with van der Waals surface area (Å²) in [4.78, 5) is 4.16. The molecule has 0 radical (unpaired) electrons. The second-order valence-electron chi connectivity index (χ2n) is 4.53. The molecule has 1 aliphatic rings. The van der Waals surface area contributed by atoms with Crippen LogP contribution in [0.1, 0.15) is 23.7 Å². The van der Waals surface area contributed by atoms with Crippen molar-refractivity contribution in [2.45, 2.75) is 18.7 Å². The maximum absolute atomic E-state index is 12.6. The maximum atomic E-state index is 12.6. The number of halogens is 4. The first-order valence-electron chi connectivity index (χ1n) is 6.34. The summed E-state index contributed by atoms with van der Waals surface area (Å²) in [5.74, 6) is 0.572. The van der Waals surface area contributed by atoms with Crippen LogP contribution in [0.3, 0.4) is 0 Å². The van der Waals surface area contributed by atoms with Crippen molar-refractivity contribution in [2.75, 3.05) is 19.6 Å². The predicted octanol–water partition coefficient (Wildman–Crippen LogP) is 2.30. The summed E-state index contributed by atoms with van der Waals surface area (Å²) in [5, 5.41) is 15.8. The van der Waals surface area contributed by atoms with Crippen LogP contribution in [0.2, 0.25) is 0 Å². The first-order chi connectivity index (χ1) is 9.47. The van der Waals surface area contributed by atoms with Crippen LogP contribution in [-0.4, -0.2) is 30.7 Å². The van der Waals surface area contributed by atoms with Crippen LogP contribution in [0.25, 0.3) is 0 Å². The molecule has 4 nitrogen and oxygen atoms in total. The number of nitrogens with one attached hydrogen (secondary N) is 2. The van der Waals surface area contributed by atoms with Gasteiger partial charge in [0.1, 0.15) is 0 Å². The van der Waals surface area contributed by atoms with Crippen LogP contribution >= 0.6 is 24.0 Å². The third-order valence-electron chi connectivity index (χ3n) is 2.96. The SMILES string of the molecule is I.OC(CNC1=NCCCN1)c1cccc(C(F)(F)F)c1. The van der Waals surface area contributed by atoms with Gasteiger partial charge in [0.25, 0.3) is 0 Å². The summed E-state index contributed by atoms with van der Waals surface area (Å²) < 4.78 is 37.7. The highest BCUT2D eigenvalue weighted by Crippen LogP contribution is 2.30. The van der Waals surface area contributed by atoms with Crippen molar-refractivity contribution >= 4 is 29.9 Å². The number of alkyl halides is 3. The lowest BCUT2D eigenvalue weighted by molar-refractivity contribution is -0.137. The average Bonchev–Trinajstić information content (AvgIpc) is 2.45. The van der Waals surface area contributed by atoms with Crippen molar-refractivity contribution in [1.29, 1.82) is 0 Å². The fourth-order valence-corrected chi connectivity index (χ4v) is 1.88. The number of aliphatic imine (C=N–C) groups is 1. The number of aliphatic hydroxyl groups is 1. The number of rotatable bonds is 3. The van der Waals surface area contributed by atoms with Gasteiger partial charge in [-0.15, -0.1) is 24.0 Å². The first-order valence-corrected chi connectivity index (χ1v) is 6.34. The zero-order valence-corrected chi connectivity index (χ0v) is 13.5. The van der Waals surface area contributed by atoms with E-state index in [0.717, 1.165) is 25.1 Å². The topological polar surface area (TPSA) is 56.6 Å². The van der Waals surface area contributed by atoms with Gasteiger partial charge in [-0.3, -0.25) is 4.99 Å². The number of guanidine groups is 1. The zero-order valence-electron chi connectivity index (χ0n) is 11.2. The van der Waals surface area contributed by atoms with E-state index in [2.05, 4.69) is 15.6 Å². The molecule has 1 unspecified atom stereocenters. The number of hydrogen-bond acceptors (Lipinski definition) is 4. The molecule has 1 atom stereocenters. The second kappa shape index (κ2) is 7.83. The van der Waals surface area contributed by atoms with E-state index in [1.165, 1.54) is 12.1 Å². The molecule has 0 amide bonds. The van der Waals surface area contributed by atoms with Gasteiger partial charge in [0, 0.05) is 19.6 Å². The largest absolute Gasteiger partial charge is 0.416 e. The van der Waals surface area contributed by atoms with Crippen molar-refractivity contribution in [3.63, 3.8) is 0 Å². The Kier molecular flexibility index (Phi) is 6.72. The summed E-state index contributed by atoms with van der Waals surface area (Å²) in [7, 11) is 0. The Morgan fingerprint density at radius 3 is 2.76 bits per heavy atom. The van der Waals surface area contributed by atoms with Crippen molar-refractivity contribution in [3.05, 3.63) is 35.4 Å². The van der Waals surface area contributed by atoms with E-state index in [9.17, 15) is 18.3 Å². The lowest BCUT2D eigenvalue weighted by Crippen LogP contribution is -2.42. The van der Waals surface area contributed by atoms with Crippen molar-refractivity contribution in [3.8, 4) is 0 Å². The van der Waals surface area contributed by atoms with E-state index in [0.29, 0.717) is 12.5 Å². The first kappa shape index (κ1) is 18.0. The van der Waals surface area contributed by atoms with Crippen molar-refractivity contribution < 1.29 is 18.3 Å². The Hall–Kier alpha value is -1.03. The third kappa shape index (κ3) is 5.34. The van der Waals surface area contributed by atoms with Gasteiger partial charge in [0.05, 0.1) is 11.7 Å². The minimum absolute atomic E-state index is 0. The normalized spacial score (nSPS) is 16.3. The van der Waals surface area contributed by atoms with E-state index in [4.69, 9.17) is 0 Å². The Bertz CT molecular complexity index is 494. The average molecular weight is 415 g/mol. The fourth-order valence-electron chi connectivity index (χ4n) is 1.88. The summed E-state index contributed by atoms with van der Waals surface area (Å²) >= 11 is 0. The fraction of sp³-hybridized carbons (Fsp3) is 0.462. The van der Waals surface area contributed by atoms with Gasteiger partial charge in [0.15, 0.2) is 5.96 Å². The van der Waals surface area contributed by atoms with Crippen LogP contribution in [0.4, 0.5) is 13.2 Å². The molecule has 0 fully saturated rings. The summed E-state index contributed by atoms with van der Waals surface area (Å²) in [6, 6.07) is 4.70. The second-order valence-corrected chi connectivity index (χ2v) is 4.53. The van der Waals surface area contributed by atoms with Gasteiger partial charge in [-0.25, -0.2) is 0 Å².